The molecule has 0 saturated heterocycles. The minimum absolute atomic E-state index is 0.0484. The lowest BCUT2D eigenvalue weighted by atomic mass is 10.1. The zero-order valence-electron chi connectivity index (χ0n) is 11.5. The number of para-hydroxylation sites is 1. The molecule has 0 aliphatic carbocycles. The van der Waals surface area contributed by atoms with E-state index in [0.29, 0.717) is 23.7 Å². The molecule has 0 aliphatic heterocycles. The molecule has 0 radical (unpaired) electrons. The molecule has 0 aliphatic rings. The third-order valence-electron chi connectivity index (χ3n) is 2.58. The minimum atomic E-state index is 0.0484. The lowest BCUT2D eigenvalue weighted by Gasteiger charge is -2.08. The van der Waals surface area contributed by atoms with Gasteiger partial charge in [0.15, 0.2) is 10.1 Å². The van der Waals surface area contributed by atoms with E-state index in [0.717, 1.165) is 16.6 Å². The molecule has 0 N–H and O–H groups in total. The zero-order chi connectivity index (χ0) is 14.4. The number of aromatic nitrogens is 2. The number of carbonyl (C=O) groups is 1. The Morgan fingerprint density at radius 2 is 2.15 bits per heavy atom. The average Bonchev–Trinajstić information content (AvgIpc) is 2.94. The summed E-state index contributed by atoms with van der Waals surface area (Å²) in [6, 6.07) is 7.33. The number of hydrogen-bond donors (Lipinski definition) is 0. The van der Waals surface area contributed by atoms with E-state index in [-0.39, 0.29) is 5.78 Å². The fraction of sp³-hybridized carbons (Fsp3) is 0.357. The average molecular weight is 308 g/mol. The first-order chi connectivity index (χ1) is 9.74. The second kappa shape index (κ2) is 7.40. The highest BCUT2D eigenvalue weighted by Gasteiger charge is 2.13. The topological polar surface area (TPSA) is 52.1 Å². The standard InChI is InChI=1S/C14H16N2O2S2/c1-3-13-15-14(20-16-13)19-9-11(17)10-7-5-6-8-12(10)18-4-2/h5-8H,3-4,9H2,1-2H3. The van der Waals surface area contributed by atoms with E-state index in [1.54, 1.807) is 6.07 Å². The highest BCUT2D eigenvalue weighted by Crippen LogP contribution is 2.24. The number of ketones is 1. The second-order valence-corrected chi connectivity index (χ2v) is 5.95. The molecule has 0 atom stereocenters. The second-order valence-electron chi connectivity index (χ2n) is 3.97. The largest absolute Gasteiger partial charge is 0.493 e. The smallest absolute Gasteiger partial charge is 0.176 e. The van der Waals surface area contributed by atoms with Crippen LogP contribution in [0.2, 0.25) is 0 Å². The third kappa shape index (κ3) is 3.80. The van der Waals surface area contributed by atoms with Crippen LogP contribution in [0.1, 0.15) is 30.0 Å². The summed E-state index contributed by atoms with van der Waals surface area (Å²) in [6.07, 6.45) is 0.818. The summed E-state index contributed by atoms with van der Waals surface area (Å²) in [5.74, 6) is 1.88. The summed E-state index contributed by atoms with van der Waals surface area (Å²) in [4.78, 5) is 16.6. The van der Waals surface area contributed by atoms with Crippen molar-refractivity contribution in [2.24, 2.45) is 0 Å². The minimum Gasteiger partial charge on any atom is -0.493 e. The molecule has 1 aromatic heterocycles. The number of carbonyl (C=O) groups excluding carboxylic acids is 1. The van der Waals surface area contributed by atoms with Crippen LogP contribution < -0.4 is 4.74 Å². The maximum absolute atomic E-state index is 12.2. The molecular formula is C14H16N2O2S2. The first-order valence-electron chi connectivity index (χ1n) is 6.45. The molecule has 0 saturated carbocycles. The normalized spacial score (nSPS) is 10.5. The van der Waals surface area contributed by atoms with Gasteiger partial charge >= 0.3 is 0 Å². The Labute approximate surface area is 126 Å². The molecule has 1 heterocycles. The Morgan fingerprint density at radius 1 is 1.35 bits per heavy atom. The van der Waals surface area contributed by atoms with Crippen LogP contribution in [0.3, 0.4) is 0 Å². The Hall–Kier alpha value is -1.40. The molecule has 2 rings (SSSR count). The van der Waals surface area contributed by atoms with Gasteiger partial charge in [0.2, 0.25) is 0 Å². The summed E-state index contributed by atoms with van der Waals surface area (Å²) in [7, 11) is 0. The van der Waals surface area contributed by atoms with Gasteiger partial charge in [0.05, 0.1) is 17.9 Å². The van der Waals surface area contributed by atoms with Crippen molar-refractivity contribution in [3.8, 4) is 5.75 Å². The van der Waals surface area contributed by atoms with Crippen molar-refractivity contribution in [1.29, 1.82) is 0 Å². The van der Waals surface area contributed by atoms with Gasteiger partial charge in [0, 0.05) is 6.42 Å². The van der Waals surface area contributed by atoms with Crippen LogP contribution in [-0.2, 0) is 6.42 Å². The fourth-order valence-corrected chi connectivity index (χ4v) is 3.20. The molecule has 0 unspecified atom stereocenters. The number of aryl methyl sites for hydroxylation is 1. The van der Waals surface area contributed by atoms with Gasteiger partial charge in [-0.15, -0.1) is 0 Å². The van der Waals surface area contributed by atoms with Crippen LogP contribution in [0.4, 0.5) is 0 Å². The van der Waals surface area contributed by atoms with Crippen molar-refractivity contribution in [3.05, 3.63) is 35.7 Å². The van der Waals surface area contributed by atoms with Crippen LogP contribution in [0.15, 0.2) is 28.6 Å². The summed E-state index contributed by atoms with van der Waals surface area (Å²) in [5, 5.41) is 0. The van der Waals surface area contributed by atoms with Crippen molar-refractivity contribution >= 4 is 29.1 Å². The summed E-state index contributed by atoms with van der Waals surface area (Å²) >= 11 is 2.77. The molecule has 20 heavy (non-hydrogen) atoms. The maximum Gasteiger partial charge on any atom is 0.176 e. The van der Waals surface area contributed by atoms with Gasteiger partial charge in [-0.1, -0.05) is 30.8 Å². The van der Waals surface area contributed by atoms with Crippen molar-refractivity contribution in [2.45, 2.75) is 24.6 Å². The van der Waals surface area contributed by atoms with Gasteiger partial charge in [-0.05, 0) is 30.6 Å². The molecule has 6 heteroatoms. The molecule has 1 aromatic carbocycles. The summed E-state index contributed by atoms with van der Waals surface area (Å²) in [5.41, 5.74) is 0.627. The SMILES string of the molecule is CCOc1ccccc1C(=O)CSc1nc(CC)ns1. The Morgan fingerprint density at radius 3 is 2.85 bits per heavy atom. The Balaban J connectivity index is 2.01. The first kappa shape index (κ1) is 15.0. The molecular weight excluding hydrogens is 292 g/mol. The van der Waals surface area contributed by atoms with Gasteiger partial charge in [0.25, 0.3) is 0 Å². The van der Waals surface area contributed by atoms with Gasteiger partial charge in [-0.2, -0.15) is 4.37 Å². The number of benzene rings is 1. The van der Waals surface area contributed by atoms with Gasteiger partial charge in [-0.25, -0.2) is 4.98 Å². The van der Waals surface area contributed by atoms with Crippen molar-refractivity contribution < 1.29 is 9.53 Å². The van der Waals surface area contributed by atoms with Crippen LogP contribution in [0.25, 0.3) is 0 Å². The first-order valence-corrected chi connectivity index (χ1v) is 8.20. The zero-order valence-corrected chi connectivity index (χ0v) is 13.1. The molecule has 0 fully saturated rings. The highest BCUT2D eigenvalue weighted by atomic mass is 32.2. The van der Waals surface area contributed by atoms with Crippen molar-refractivity contribution in [3.63, 3.8) is 0 Å². The van der Waals surface area contributed by atoms with E-state index in [1.165, 1.54) is 23.3 Å². The van der Waals surface area contributed by atoms with Gasteiger partial charge < -0.3 is 4.74 Å². The third-order valence-corrected chi connectivity index (χ3v) is 4.45. The van der Waals surface area contributed by atoms with Gasteiger partial charge in [0.1, 0.15) is 11.6 Å². The van der Waals surface area contributed by atoms with Crippen LogP contribution >= 0.6 is 23.3 Å². The quantitative estimate of drug-likeness (QED) is 0.579. The van der Waals surface area contributed by atoms with Crippen molar-refractivity contribution in [2.75, 3.05) is 12.4 Å². The van der Waals surface area contributed by atoms with Crippen LogP contribution in [-0.4, -0.2) is 27.5 Å². The Kier molecular flexibility index (Phi) is 5.55. The molecule has 106 valence electrons. The molecule has 4 nitrogen and oxygen atoms in total. The monoisotopic (exact) mass is 308 g/mol. The summed E-state index contributed by atoms with van der Waals surface area (Å²) in [6.45, 7) is 4.47. The number of rotatable bonds is 7. The van der Waals surface area contributed by atoms with E-state index in [4.69, 9.17) is 4.74 Å². The van der Waals surface area contributed by atoms with Crippen molar-refractivity contribution in [1.82, 2.24) is 9.36 Å². The van der Waals surface area contributed by atoms with E-state index in [9.17, 15) is 4.79 Å². The van der Waals surface area contributed by atoms with Crippen LogP contribution in [0, 0.1) is 0 Å². The molecule has 0 bridgehead atoms. The number of Topliss-reactive ketones (excluding diaryl/α,β-unsaturated/α-hetero) is 1. The van der Waals surface area contributed by atoms with Crippen LogP contribution in [0.5, 0.6) is 5.75 Å². The predicted molar refractivity (Wildman–Crippen MR) is 82.0 cm³/mol. The van der Waals surface area contributed by atoms with E-state index in [2.05, 4.69) is 9.36 Å². The molecule has 0 spiro atoms. The maximum atomic E-state index is 12.2. The van der Waals surface area contributed by atoms with E-state index < -0.39 is 0 Å². The van der Waals surface area contributed by atoms with E-state index in [1.807, 2.05) is 32.0 Å². The molecule has 2 aromatic rings. The summed E-state index contributed by atoms with van der Waals surface area (Å²) < 4.78 is 10.5. The highest BCUT2D eigenvalue weighted by molar-refractivity contribution is 8.01. The Bertz CT molecular complexity index is 584. The van der Waals surface area contributed by atoms with Gasteiger partial charge in [-0.3, -0.25) is 4.79 Å². The van der Waals surface area contributed by atoms with E-state index >= 15 is 0 Å². The number of hydrogen-bond acceptors (Lipinski definition) is 6. The predicted octanol–water partition coefficient (Wildman–Crippen LogP) is 3.47. The number of ether oxygens (including phenoxy) is 1. The lowest BCUT2D eigenvalue weighted by Crippen LogP contribution is -2.06. The lowest BCUT2D eigenvalue weighted by molar-refractivity contribution is 0.101. The number of nitrogens with zero attached hydrogens (tertiary/aromatic N) is 2. The number of thioether (sulfide) groups is 1. The molecule has 0 amide bonds. The fourth-order valence-electron chi connectivity index (χ4n) is 1.62.